The highest BCUT2D eigenvalue weighted by Gasteiger charge is 2.41. The van der Waals surface area contributed by atoms with Crippen molar-refractivity contribution in [2.75, 3.05) is 19.6 Å². The lowest BCUT2D eigenvalue weighted by Crippen LogP contribution is -2.54. The molecule has 0 bridgehead atoms. The van der Waals surface area contributed by atoms with E-state index in [1.807, 2.05) is 44.0 Å². The number of amides is 2. The Morgan fingerprint density at radius 1 is 1.26 bits per heavy atom. The zero-order valence-corrected chi connectivity index (χ0v) is 15.9. The third-order valence-corrected chi connectivity index (χ3v) is 5.48. The number of fused-ring (bicyclic) bond motifs is 1. The number of ether oxygens (including phenoxy) is 1. The van der Waals surface area contributed by atoms with Crippen molar-refractivity contribution in [3.8, 4) is 5.75 Å². The minimum atomic E-state index is -0.475. The van der Waals surface area contributed by atoms with Gasteiger partial charge in [-0.05, 0) is 26.0 Å². The first-order chi connectivity index (χ1) is 12.9. The van der Waals surface area contributed by atoms with Crippen LogP contribution < -0.4 is 10.1 Å². The highest BCUT2D eigenvalue weighted by atomic mass is 16.5. The SMILES string of the molecule is Cc1ccc2c(c1)C(=O)NCC1(CCN(C(=O)c3cn(C)nc3C)CC1)O2. The number of rotatable bonds is 1. The molecule has 1 spiro atoms. The predicted octanol–water partition coefficient (Wildman–Crippen LogP) is 1.83. The van der Waals surface area contributed by atoms with Crippen molar-refractivity contribution in [2.24, 2.45) is 7.05 Å². The molecule has 27 heavy (non-hydrogen) atoms. The number of hydrogen-bond acceptors (Lipinski definition) is 4. The number of nitrogens with one attached hydrogen (secondary N) is 1. The molecule has 1 saturated heterocycles. The van der Waals surface area contributed by atoms with E-state index in [4.69, 9.17) is 4.74 Å². The van der Waals surface area contributed by atoms with E-state index in [0.29, 0.717) is 49.4 Å². The monoisotopic (exact) mass is 368 g/mol. The van der Waals surface area contributed by atoms with E-state index < -0.39 is 5.60 Å². The quantitative estimate of drug-likeness (QED) is 0.833. The molecule has 1 N–H and O–H groups in total. The van der Waals surface area contributed by atoms with Gasteiger partial charge in [0.25, 0.3) is 11.8 Å². The summed E-state index contributed by atoms with van der Waals surface area (Å²) in [6.07, 6.45) is 3.11. The fourth-order valence-corrected chi connectivity index (χ4v) is 3.89. The summed E-state index contributed by atoms with van der Waals surface area (Å²) in [4.78, 5) is 27.1. The Morgan fingerprint density at radius 2 is 2.00 bits per heavy atom. The Bertz CT molecular complexity index is 910. The lowest BCUT2D eigenvalue weighted by atomic mass is 9.90. The Balaban J connectivity index is 1.51. The van der Waals surface area contributed by atoms with Crippen molar-refractivity contribution in [2.45, 2.75) is 32.3 Å². The number of aryl methyl sites for hydroxylation is 3. The fraction of sp³-hybridized carbons (Fsp3) is 0.450. The molecule has 0 radical (unpaired) electrons. The minimum absolute atomic E-state index is 0.00383. The molecule has 1 aromatic carbocycles. The molecular weight excluding hydrogens is 344 g/mol. The van der Waals surface area contributed by atoms with E-state index in [2.05, 4.69) is 10.4 Å². The average Bonchev–Trinajstić information content (AvgIpc) is 2.93. The van der Waals surface area contributed by atoms with Crippen molar-refractivity contribution < 1.29 is 14.3 Å². The van der Waals surface area contributed by atoms with E-state index in [-0.39, 0.29) is 11.8 Å². The summed E-state index contributed by atoms with van der Waals surface area (Å²) in [6, 6.07) is 5.68. The summed E-state index contributed by atoms with van der Waals surface area (Å²) in [6.45, 7) is 5.43. The molecule has 4 rings (SSSR count). The van der Waals surface area contributed by atoms with Gasteiger partial charge in [-0.25, -0.2) is 0 Å². The van der Waals surface area contributed by atoms with Crippen LogP contribution in [0.4, 0.5) is 0 Å². The number of aromatic nitrogens is 2. The Hall–Kier alpha value is -2.83. The molecule has 0 unspecified atom stereocenters. The lowest BCUT2D eigenvalue weighted by Gasteiger charge is -2.41. The van der Waals surface area contributed by atoms with Crippen LogP contribution >= 0.6 is 0 Å². The van der Waals surface area contributed by atoms with Crippen LogP contribution in [-0.4, -0.2) is 51.7 Å². The second-order valence-electron chi connectivity index (χ2n) is 7.56. The highest BCUT2D eigenvalue weighted by Crippen LogP contribution is 2.33. The standard InChI is InChI=1S/C20H24N4O3/c1-13-4-5-17-15(10-13)18(25)21-12-20(27-17)6-8-24(9-7-20)19(26)16-11-23(3)22-14(16)2/h4-5,10-11H,6-9,12H2,1-3H3,(H,21,25). The lowest BCUT2D eigenvalue weighted by molar-refractivity contribution is 0.00768. The first-order valence-electron chi connectivity index (χ1n) is 9.24. The van der Waals surface area contributed by atoms with Gasteiger partial charge in [0.1, 0.15) is 11.4 Å². The summed E-state index contributed by atoms with van der Waals surface area (Å²) in [7, 11) is 1.82. The maximum atomic E-state index is 12.8. The summed E-state index contributed by atoms with van der Waals surface area (Å²) in [5, 5.41) is 7.26. The van der Waals surface area contributed by atoms with Crippen molar-refractivity contribution >= 4 is 11.8 Å². The second-order valence-corrected chi connectivity index (χ2v) is 7.56. The third-order valence-electron chi connectivity index (χ3n) is 5.48. The van der Waals surface area contributed by atoms with Crippen LogP contribution in [0.15, 0.2) is 24.4 Å². The van der Waals surface area contributed by atoms with Crippen LogP contribution in [0.5, 0.6) is 5.75 Å². The number of nitrogens with zero attached hydrogens (tertiary/aromatic N) is 3. The van der Waals surface area contributed by atoms with E-state index in [1.54, 1.807) is 10.9 Å². The van der Waals surface area contributed by atoms with E-state index in [0.717, 1.165) is 11.3 Å². The molecule has 0 aliphatic carbocycles. The topological polar surface area (TPSA) is 76.5 Å². The van der Waals surface area contributed by atoms with Gasteiger partial charge in [0.2, 0.25) is 0 Å². The molecule has 142 valence electrons. The number of carbonyl (C=O) groups excluding carboxylic acids is 2. The molecule has 7 heteroatoms. The van der Waals surface area contributed by atoms with Gasteiger partial charge in [-0.2, -0.15) is 5.10 Å². The van der Waals surface area contributed by atoms with Crippen LogP contribution in [0.2, 0.25) is 0 Å². The van der Waals surface area contributed by atoms with Crippen LogP contribution in [-0.2, 0) is 7.05 Å². The molecule has 2 aliphatic heterocycles. The number of likely N-dealkylation sites (tertiary alicyclic amines) is 1. The fourth-order valence-electron chi connectivity index (χ4n) is 3.89. The molecule has 2 aliphatic rings. The zero-order chi connectivity index (χ0) is 19.2. The van der Waals surface area contributed by atoms with Gasteiger partial charge in [-0.1, -0.05) is 11.6 Å². The normalized spacial score (nSPS) is 18.5. The maximum absolute atomic E-state index is 12.8. The van der Waals surface area contributed by atoms with Crippen molar-refractivity contribution in [3.63, 3.8) is 0 Å². The number of carbonyl (C=O) groups is 2. The maximum Gasteiger partial charge on any atom is 0.257 e. The van der Waals surface area contributed by atoms with Crippen LogP contribution in [0, 0.1) is 13.8 Å². The van der Waals surface area contributed by atoms with Crippen LogP contribution in [0.25, 0.3) is 0 Å². The van der Waals surface area contributed by atoms with Gasteiger partial charge in [0, 0.05) is 39.2 Å². The molecular formula is C20H24N4O3. The summed E-state index contributed by atoms with van der Waals surface area (Å²) < 4.78 is 8.00. The molecule has 0 saturated carbocycles. The smallest absolute Gasteiger partial charge is 0.257 e. The number of piperidine rings is 1. The van der Waals surface area contributed by atoms with Crippen molar-refractivity contribution in [1.82, 2.24) is 20.0 Å². The first-order valence-corrected chi connectivity index (χ1v) is 9.24. The summed E-state index contributed by atoms with van der Waals surface area (Å²) >= 11 is 0. The largest absolute Gasteiger partial charge is 0.484 e. The first kappa shape index (κ1) is 17.6. The van der Waals surface area contributed by atoms with E-state index in [9.17, 15) is 9.59 Å². The summed E-state index contributed by atoms with van der Waals surface area (Å²) in [5.41, 5.74) is 2.51. The van der Waals surface area contributed by atoms with Crippen LogP contribution in [0.1, 0.15) is 44.8 Å². The molecule has 0 atom stereocenters. The minimum Gasteiger partial charge on any atom is -0.484 e. The number of benzene rings is 1. The molecule has 2 amide bonds. The molecule has 2 aromatic rings. The zero-order valence-electron chi connectivity index (χ0n) is 15.9. The third kappa shape index (κ3) is 3.18. The van der Waals surface area contributed by atoms with Crippen molar-refractivity contribution in [3.05, 3.63) is 46.8 Å². The highest BCUT2D eigenvalue weighted by molar-refractivity contribution is 5.97. The molecule has 3 heterocycles. The van der Waals surface area contributed by atoms with Gasteiger partial charge < -0.3 is 15.0 Å². The van der Waals surface area contributed by atoms with Gasteiger partial charge in [0.15, 0.2) is 0 Å². The van der Waals surface area contributed by atoms with Crippen molar-refractivity contribution in [1.29, 1.82) is 0 Å². The van der Waals surface area contributed by atoms with E-state index >= 15 is 0 Å². The second kappa shape index (κ2) is 6.40. The molecule has 7 nitrogen and oxygen atoms in total. The van der Waals surface area contributed by atoms with Gasteiger partial charge in [-0.15, -0.1) is 0 Å². The van der Waals surface area contributed by atoms with E-state index in [1.165, 1.54) is 0 Å². The van der Waals surface area contributed by atoms with Crippen LogP contribution in [0.3, 0.4) is 0 Å². The summed E-state index contributed by atoms with van der Waals surface area (Å²) in [5.74, 6) is 0.526. The van der Waals surface area contributed by atoms with Gasteiger partial charge >= 0.3 is 0 Å². The van der Waals surface area contributed by atoms with Gasteiger partial charge in [0.05, 0.1) is 23.4 Å². The number of hydrogen-bond donors (Lipinski definition) is 1. The Kier molecular flexibility index (Phi) is 4.17. The molecule has 1 fully saturated rings. The Labute approximate surface area is 158 Å². The Morgan fingerprint density at radius 3 is 2.67 bits per heavy atom. The average molecular weight is 368 g/mol. The van der Waals surface area contributed by atoms with Gasteiger partial charge in [-0.3, -0.25) is 14.3 Å². The molecule has 1 aromatic heterocycles. The predicted molar refractivity (Wildman–Crippen MR) is 100.0 cm³/mol.